The molecule has 0 aromatic rings. The van der Waals surface area contributed by atoms with Crippen molar-refractivity contribution >= 4 is 5.97 Å². The van der Waals surface area contributed by atoms with E-state index in [2.05, 4.69) is 19.9 Å². The first-order valence-electron chi connectivity index (χ1n) is 7.88. The molecule has 1 aliphatic carbocycles. The third kappa shape index (κ3) is 5.80. The van der Waals surface area contributed by atoms with Crippen LogP contribution in [0.15, 0.2) is 11.6 Å². The third-order valence-electron chi connectivity index (χ3n) is 4.43. The molecule has 1 aliphatic rings. The second-order valence-corrected chi connectivity index (χ2v) is 6.70. The first-order chi connectivity index (χ1) is 8.95. The van der Waals surface area contributed by atoms with E-state index >= 15 is 0 Å². The van der Waals surface area contributed by atoms with Crippen molar-refractivity contribution in [3.05, 3.63) is 11.6 Å². The van der Waals surface area contributed by atoms with Gasteiger partial charge in [-0.15, -0.1) is 0 Å². The Bertz CT molecular complexity index is 307. The molecule has 0 amide bonds. The van der Waals surface area contributed by atoms with Crippen molar-refractivity contribution in [2.45, 2.75) is 78.6 Å². The van der Waals surface area contributed by atoms with Gasteiger partial charge in [0, 0.05) is 5.57 Å². The molecule has 0 aromatic heterocycles. The number of rotatable bonds is 5. The highest BCUT2D eigenvalue weighted by atomic mass is 16.4. The van der Waals surface area contributed by atoms with Crippen molar-refractivity contribution in [3.8, 4) is 0 Å². The van der Waals surface area contributed by atoms with Crippen LogP contribution in [0.2, 0.25) is 0 Å². The van der Waals surface area contributed by atoms with Crippen LogP contribution >= 0.6 is 0 Å². The Morgan fingerprint density at radius 2 is 1.68 bits per heavy atom. The first kappa shape index (κ1) is 16.3. The molecule has 0 unspecified atom stereocenters. The average molecular weight is 266 g/mol. The molecule has 1 saturated carbocycles. The topological polar surface area (TPSA) is 37.3 Å². The largest absolute Gasteiger partial charge is 0.478 e. The predicted octanol–water partition coefficient (Wildman–Crippen LogP) is 5.18. The minimum Gasteiger partial charge on any atom is -0.478 e. The van der Waals surface area contributed by atoms with Crippen molar-refractivity contribution in [3.63, 3.8) is 0 Å². The number of hydrogen-bond acceptors (Lipinski definition) is 1. The number of carboxylic acid groups (broad SMARTS) is 1. The van der Waals surface area contributed by atoms with Crippen LogP contribution in [-0.2, 0) is 4.79 Å². The number of carbonyl (C=O) groups is 1. The molecule has 19 heavy (non-hydrogen) atoms. The summed E-state index contributed by atoms with van der Waals surface area (Å²) < 4.78 is 0. The van der Waals surface area contributed by atoms with Gasteiger partial charge in [0.25, 0.3) is 0 Å². The number of carboxylic acids is 1. The van der Waals surface area contributed by atoms with Gasteiger partial charge in [-0.3, -0.25) is 0 Å². The Hall–Kier alpha value is -0.790. The standard InChI is InChI=1S/C17H30O2/c1-14(2)9-12-17(13-15(3)16(18)19)10-7-5-4-6-8-11-17/h13-14H,4-12H2,1-3H3,(H,18,19). The lowest BCUT2D eigenvalue weighted by Crippen LogP contribution is -2.22. The van der Waals surface area contributed by atoms with Gasteiger partial charge < -0.3 is 5.11 Å². The zero-order valence-electron chi connectivity index (χ0n) is 12.9. The van der Waals surface area contributed by atoms with Crippen LogP contribution in [0, 0.1) is 11.3 Å². The van der Waals surface area contributed by atoms with E-state index in [-0.39, 0.29) is 5.41 Å². The van der Waals surface area contributed by atoms with Crippen molar-refractivity contribution in [1.29, 1.82) is 0 Å². The molecule has 0 bridgehead atoms. The van der Waals surface area contributed by atoms with Gasteiger partial charge in [0.15, 0.2) is 0 Å². The summed E-state index contributed by atoms with van der Waals surface area (Å²) in [5.74, 6) is -0.0631. The zero-order valence-corrected chi connectivity index (χ0v) is 12.9. The van der Waals surface area contributed by atoms with Gasteiger partial charge in [-0.2, -0.15) is 0 Å². The van der Waals surface area contributed by atoms with Crippen LogP contribution in [0.1, 0.15) is 78.6 Å². The summed E-state index contributed by atoms with van der Waals surface area (Å²) in [6.45, 7) is 6.26. The normalized spacial score (nSPS) is 20.9. The van der Waals surface area contributed by atoms with E-state index in [0.717, 1.165) is 6.42 Å². The summed E-state index contributed by atoms with van der Waals surface area (Å²) in [6.07, 6.45) is 13.2. The first-order valence-corrected chi connectivity index (χ1v) is 7.88. The minimum absolute atomic E-state index is 0.146. The Labute approximate surface area is 118 Å². The van der Waals surface area contributed by atoms with Gasteiger partial charge in [-0.05, 0) is 37.5 Å². The maximum atomic E-state index is 11.1. The van der Waals surface area contributed by atoms with E-state index in [1.165, 1.54) is 51.4 Å². The van der Waals surface area contributed by atoms with Gasteiger partial charge in [0.1, 0.15) is 0 Å². The fourth-order valence-corrected chi connectivity index (χ4v) is 3.17. The molecule has 1 N–H and O–H groups in total. The molecule has 1 fully saturated rings. The van der Waals surface area contributed by atoms with Crippen LogP contribution in [0.5, 0.6) is 0 Å². The average Bonchev–Trinajstić information content (AvgIpc) is 2.30. The molecular formula is C17H30O2. The lowest BCUT2D eigenvalue weighted by molar-refractivity contribution is -0.132. The van der Waals surface area contributed by atoms with Crippen LogP contribution in [0.4, 0.5) is 0 Å². The molecule has 0 radical (unpaired) electrons. The van der Waals surface area contributed by atoms with Crippen molar-refractivity contribution in [2.75, 3.05) is 0 Å². The van der Waals surface area contributed by atoms with Gasteiger partial charge in [0.05, 0.1) is 0 Å². The smallest absolute Gasteiger partial charge is 0.330 e. The maximum Gasteiger partial charge on any atom is 0.330 e. The number of allylic oxidation sites excluding steroid dienone is 1. The molecule has 2 heteroatoms. The monoisotopic (exact) mass is 266 g/mol. The second-order valence-electron chi connectivity index (χ2n) is 6.70. The fraction of sp³-hybridized carbons (Fsp3) is 0.824. The SMILES string of the molecule is CC(=CC1(CCC(C)C)CCCCCCC1)C(=O)O. The highest BCUT2D eigenvalue weighted by molar-refractivity contribution is 5.85. The molecule has 0 saturated heterocycles. The van der Waals surface area contributed by atoms with Crippen molar-refractivity contribution < 1.29 is 9.90 Å². The fourth-order valence-electron chi connectivity index (χ4n) is 3.17. The number of hydrogen-bond donors (Lipinski definition) is 1. The highest BCUT2D eigenvalue weighted by Crippen LogP contribution is 2.41. The summed E-state index contributed by atoms with van der Waals surface area (Å²) in [5, 5.41) is 9.16. The van der Waals surface area contributed by atoms with Gasteiger partial charge >= 0.3 is 5.97 Å². The van der Waals surface area contributed by atoms with Crippen LogP contribution in [-0.4, -0.2) is 11.1 Å². The van der Waals surface area contributed by atoms with Gasteiger partial charge in [-0.1, -0.05) is 58.4 Å². The van der Waals surface area contributed by atoms with E-state index in [1.807, 2.05) is 0 Å². The Morgan fingerprint density at radius 1 is 1.16 bits per heavy atom. The molecule has 0 atom stereocenters. The van der Waals surface area contributed by atoms with Crippen molar-refractivity contribution in [1.82, 2.24) is 0 Å². The third-order valence-corrected chi connectivity index (χ3v) is 4.43. The number of aliphatic carboxylic acids is 1. The van der Waals surface area contributed by atoms with E-state index < -0.39 is 5.97 Å². The van der Waals surface area contributed by atoms with Gasteiger partial charge in [-0.25, -0.2) is 4.79 Å². The second kappa shape index (κ2) is 7.72. The molecule has 0 spiro atoms. The Morgan fingerprint density at radius 3 is 2.16 bits per heavy atom. The quantitative estimate of drug-likeness (QED) is 0.696. The summed E-state index contributed by atoms with van der Waals surface area (Å²) in [5.41, 5.74) is 0.678. The van der Waals surface area contributed by atoms with E-state index in [1.54, 1.807) is 6.92 Å². The van der Waals surface area contributed by atoms with E-state index in [4.69, 9.17) is 5.11 Å². The van der Waals surface area contributed by atoms with E-state index in [0.29, 0.717) is 11.5 Å². The lowest BCUT2D eigenvalue weighted by atomic mass is 9.71. The van der Waals surface area contributed by atoms with Crippen molar-refractivity contribution in [2.24, 2.45) is 11.3 Å². The predicted molar refractivity (Wildman–Crippen MR) is 80.2 cm³/mol. The Kier molecular flexibility index (Phi) is 6.60. The molecule has 0 aliphatic heterocycles. The van der Waals surface area contributed by atoms with Crippen LogP contribution in [0.25, 0.3) is 0 Å². The lowest BCUT2D eigenvalue weighted by Gasteiger charge is -2.34. The molecule has 110 valence electrons. The highest BCUT2D eigenvalue weighted by Gasteiger charge is 2.28. The maximum absolute atomic E-state index is 11.1. The molecule has 0 heterocycles. The minimum atomic E-state index is -0.758. The van der Waals surface area contributed by atoms with Crippen LogP contribution in [0.3, 0.4) is 0 Å². The molecule has 0 aromatic carbocycles. The summed E-state index contributed by atoms with van der Waals surface area (Å²) in [6, 6.07) is 0. The summed E-state index contributed by atoms with van der Waals surface area (Å²) >= 11 is 0. The molecule has 1 rings (SSSR count). The Balaban J connectivity index is 2.86. The summed E-state index contributed by atoms with van der Waals surface area (Å²) in [4.78, 5) is 11.1. The summed E-state index contributed by atoms with van der Waals surface area (Å²) in [7, 11) is 0. The zero-order chi connectivity index (χ0) is 14.3. The molecular weight excluding hydrogens is 236 g/mol. The van der Waals surface area contributed by atoms with Gasteiger partial charge in [0.2, 0.25) is 0 Å². The van der Waals surface area contributed by atoms with E-state index in [9.17, 15) is 4.79 Å². The van der Waals surface area contributed by atoms with Crippen LogP contribution < -0.4 is 0 Å². The molecule has 2 nitrogen and oxygen atoms in total.